The SMILES string of the molecule is CCCCSCCC(=O)NCCNCC. The van der Waals surface area contributed by atoms with Crippen molar-refractivity contribution in [3.63, 3.8) is 0 Å². The van der Waals surface area contributed by atoms with E-state index in [0.717, 1.165) is 25.4 Å². The lowest BCUT2D eigenvalue weighted by Gasteiger charge is -2.05. The van der Waals surface area contributed by atoms with E-state index in [0.29, 0.717) is 6.42 Å². The third-order valence-corrected chi connectivity index (χ3v) is 3.06. The molecule has 90 valence electrons. The van der Waals surface area contributed by atoms with E-state index in [1.165, 1.54) is 18.6 Å². The van der Waals surface area contributed by atoms with Crippen molar-refractivity contribution in [2.24, 2.45) is 0 Å². The largest absolute Gasteiger partial charge is 0.355 e. The average molecular weight is 232 g/mol. The fraction of sp³-hybridized carbons (Fsp3) is 0.909. The number of amides is 1. The number of hydrogen-bond donors (Lipinski definition) is 2. The highest BCUT2D eigenvalue weighted by Gasteiger charge is 1.99. The summed E-state index contributed by atoms with van der Waals surface area (Å²) in [6.07, 6.45) is 3.15. The van der Waals surface area contributed by atoms with Gasteiger partial charge in [-0.05, 0) is 18.7 Å². The number of hydrogen-bond acceptors (Lipinski definition) is 3. The van der Waals surface area contributed by atoms with E-state index in [9.17, 15) is 4.79 Å². The van der Waals surface area contributed by atoms with E-state index in [2.05, 4.69) is 24.5 Å². The van der Waals surface area contributed by atoms with Gasteiger partial charge >= 0.3 is 0 Å². The molecule has 0 saturated heterocycles. The van der Waals surface area contributed by atoms with Crippen LogP contribution in [0.25, 0.3) is 0 Å². The molecule has 1 amide bonds. The Kier molecular flexibility index (Phi) is 11.7. The van der Waals surface area contributed by atoms with Crippen molar-refractivity contribution in [1.82, 2.24) is 10.6 Å². The molecular formula is C11H24N2OS. The van der Waals surface area contributed by atoms with E-state index in [1.54, 1.807) is 0 Å². The van der Waals surface area contributed by atoms with Crippen LogP contribution in [0.5, 0.6) is 0 Å². The summed E-state index contributed by atoms with van der Waals surface area (Å²) in [7, 11) is 0. The Morgan fingerprint density at radius 2 is 2.00 bits per heavy atom. The summed E-state index contributed by atoms with van der Waals surface area (Å²) in [5.74, 6) is 2.31. The molecule has 0 radical (unpaired) electrons. The molecule has 0 rings (SSSR count). The van der Waals surface area contributed by atoms with Gasteiger partial charge in [0.15, 0.2) is 0 Å². The quantitative estimate of drug-likeness (QED) is 0.563. The Bertz CT molecular complexity index is 154. The summed E-state index contributed by atoms with van der Waals surface area (Å²) in [6, 6.07) is 0. The Morgan fingerprint density at radius 1 is 1.20 bits per heavy atom. The average Bonchev–Trinajstić information content (AvgIpc) is 2.24. The van der Waals surface area contributed by atoms with Crippen LogP contribution >= 0.6 is 11.8 Å². The van der Waals surface area contributed by atoms with E-state index in [-0.39, 0.29) is 5.91 Å². The Balaban J connectivity index is 3.11. The van der Waals surface area contributed by atoms with Crippen molar-refractivity contribution in [1.29, 1.82) is 0 Å². The van der Waals surface area contributed by atoms with E-state index in [1.807, 2.05) is 11.8 Å². The third-order valence-electron chi connectivity index (χ3n) is 1.99. The number of carbonyl (C=O) groups is 1. The van der Waals surface area contributed by atoms with Crippen molar-refractivity contribution in [2.75, 3.05) is 31.1 Å². The highest BCUT2D eigenvalue weighted by Crippen LogP contribution is 2.05. The number of carbonyl (C=O) groups excluding carboxylic acids is 1. The zero-order chi connectivity index (χ0) is 11.4. The van der Waals surface area contributed by atoms with Gasteiger partial charge in [0.25, 0.3) is 0 Å². The smallest absolute Gasteiger partial charge is 0.220 e. The van der Waals surface area contributed by atoms with Crippen molar-refractivity contribution < 1.29 is 4.79 Å². The second-order valence-corrected chi connectivity index (χ2v) is 4.64. The third kappa shape index (κ3) is 11.7. The van der Waals surface area contributed by atoms with Crippen molar-refractivity contribution in [2.45, 2.75) is 33.1 Å². The molecule has 0 aromatic heterocycles. The van der Waals surface area contributed by atoms with Crippen LogP contribution in [0.3, 0.4) is 0 Å². The first-order chi connectivity index (χ1) is 7.31. The maximum absolute atomic E-state index is 11.3. The maximum Gasteiger partial charge on any atom is 0.220 e. The lowest BCUT2D eigenvalue weighted by Crippen LogP contribution is -2.31. The lowest BCUT2D eigenvalue weighted by atomic mass is 10.4. The molecule has 2 N–H and O–H groups in total. The van der Waals surface area contributed by atoms with Gasteiger partial charge in [-0.15, -0.1) is 0 Å². The number of nitrogens with one attached hydrogen (secondary N) is 2. The minimum absolute atomic E-state index is 0.178. The Morgan fingerprint density at radius 3 is 2.67 bits per heavy atom. The van der Waals surface area contributed by atoms with Crippen LogP contribution in [0.2, 0.25) is 0 Å². The van der Waals surface area contributed by atoms with Gasteiger partial charge in [-0.25, -0.2) is 0 Å². The molecule has 0 saturated carbocycles. The zero-order valence-corrected chi connectivity index (χ0v) is 10.8. The Hall–Kier alpha value is -0.220. The second-order valence-electron chi connectivity index (χ2n) is 3.42. The van der Waals surface area contributed by atoms with Gasteiger partial charge in [0.2, 0.25) is 5.91 Å². The highest BCUT2D eigenvalue weighted by molar-refractivity contribution is 7.99. The zero-order valence-electron chi connectivity index (χ0n) is 9.97. The van der Waals surface area contributed by atoms with Gasteiger partial charge in [-0.2, -0.15) is 11.8 Å². The van der Waals surface area contributed by atoms with E-state index < -0.39 is 0 Å². The summed E-state index contributed by atoms with van der Waals surface area (Å²) < 4.78 is 0. The topological polar surface area (TPSA) is 41.1 Å². The first kappa shape index (κ1) is 14.8. The van der Waals surface area contributed by atoms with Gasteiger partial charge in [0.1, 0.15) is 0 Å². The van der Waals surface area contributed by atoms with Gasteiger partial charge < -0.3 is 10.6 Å². The van der Waals surface area contributed by atoms with Crippen molar-refractivity contribution in [3.05, 3.63) is 0 Å². The molecule has 0 atom stereocenters. The molecule has 3 nitrogen and oxygen atoms in total. The minimum Gasteiger partial charge on any atom is -0.355 e. The lowest BCUT2D eigenvalue weighted by molar-refractivity contribution is -0.120. The molecule has 0 spiro atoms. The van der Waals surface area contributed by atoms with Crippen molar-refractivity contribution in [3.8, 4) is 0 Å². The van der Waals surface area contributed by atoms with Crippen LogP contribution in [0.4, 0.5) is 0 Å². The fourth-order valence-electron chi connectivity index (χ4n) is 1.07. The first-order valence-electron chi connectivity index (χ1n) is 5.86. The summed E-state index contributed by atoms with van der Waals surface area (Å²) in [4.78, 5) is 11.3. The van der Waals surface area contributed by atoms with Gasteiger partial charge in [-0.1, -0.05) is 20.3 Å². The van der Waals surface area contributed by atoms with Crippen LogP contribution in [-0.2, 0) is 4.79 Å². The summed E-state index contributed by atoms with van der Waals surface area (Å²) in [5.41, 5.74) is 0. The molecule has 0 unspecified atom stereocenters. The molecule has 0 aliphatic carbocycles. The van der Waals surface area contributed by atoms with Crippen LogP contribution in [0.1, 0.15) is 33.1 Å². The fourth-order valence-corrected chi connectivity index (χ4v) is 2.10. The minimum atomic E-state index is 0.178. The molecule has 0 heterocycles. The monoisotopic (exact) mass is 232 g/mol. The molecule has 0 aromatic rings. The summed E-state index contributed by atoms with van der Waals surface area (Å²) in [5, 5.41) is 6.06. The normalized spacial score (nSPS) is 10.3. The maximum atomic E-state index is 11.3. The molecule has 15 heavy (non-hydrogen) atoms. The molecule has 0 aliphatic heterocycles. The number of unbranched alkanes of at least 4 members (excludes halogenated alkanes) is 1. The number of thioether (sulfide) groups is 1. The molecule has 0 aliphatic rings. The summed E-state index contributed by atoms with van der Waals surface area (Å²) in [6.45, 7) is 6.82. The van der Waals surface area contributed by atoms with Crippen LogP contribution in [0, 0.1) is 0 Å². The van der Waals surface area contributed by atoms with Gasteiger partial charge in [0.05, 0.1) is 0 Å². The number of likely N-dealkylation sites (N-methyl/N-ethyl adjacent to an activating group) is 1. The highest BCUT2D eigenvalue weighted by atomic mass is 32.2. The summed E-state index contributed by atoms with van der Waals surface area (Å²) >= 11 is 1.87. The molecule has 4 heteroatoms. The van der Waals surface area contributed by atoms with Gasteiger partial charge in [-0.3, -0.25) is 4.79 Å². The first-order valence-corrected chi connectivity index (χ1v) is 7.01. The predicted molar refractivity (Wildman–Crippen MR) is 68.4 cm³/mol. The van der Waals surface area contributed by atoms with E-state index >= 15 is 0 Å². The predicted octanol–water partition coefficient (Wildman–Crippen LogP) is 1.64. The Labute approximate surface area is 97.8 Å². The van der Waals surface area contributed by atoms with Gasteiger partial charge in [0, 0.05) is 25.3 Å². The molecular weight excluding hydrogens is 208 g/mol. The molecule has 0 bridgehead atoms. The number of rotatable bonds is 10. The standard InChI is InChI=1S/C11H24N2OS/c1-3-5-9-15-10-6-11(14)13-8-7-12-4-2/h12H,3-10H2,1-2H3,(H,13,14). The van der Waals surface area contributed by atoms with Crippen LogP contribution < -0.4 is 10.6 Å². The molecule has 0 fully saturated rings. The molecule has 0 aromatic carbocycles. The van der Waals surface area contributed by atoms with Crippen LogP contribution in [0.15, 0.2) is 0 Å². The van der Waals surface area contributed by atoms with Crippen molar-refractivity contribution >= 4 is 17.7 Å². The van der Waals surface area contributed by atoms with Crippen LogP contribution in [-0.4, -0.2) is 37.0 Å². The second kappa shape index (κ2) is 11.9. The van der Waals surface area contributed by atoms with E-state index in [4.69, 9.17) is 0 Å².